The van der Waals surface area contributed by atoms with Gasteiger partial charge in [0.05, 0.1) is 29.0 Å². The highest BCUT2D eigenvalue weighted by atomic mass is 35.5. The lowest BCUT2D eigenvalue weighted by atomic mass is 10.1. The van der Waals surface area contributed by atoms with Crippen LogP contribution in [0.1, 0.15) is 13.3 Å². The molecule has 2 rings (SSSR count). The van der Waals surface area contributed by atoms with Gasteiger partial charge in [0, 0.05) is 17.8 Å². The average Bonchev–Trinajstić information content (AvgIpc) is 2.65. The summed E-state index contributed by atoms with van der Waals surface area (Å²) in [7, 11) is -2.47. The molecule has 0 aliphatic carbocycles. The molecule has 0 spiro atoms. The molecule has 0 aromatic heterocycles. The van der Waals surface area contributed by atoms with Crippen molar-refractivity contribution >= 4 is 44.6 Å². The maximum Gasteiger partial charge on any atom is 0.271 e. The van der Waals surface area contributed by atoms with Crippen molar-refractivity contribution < 1.29 is 22.9 Å². The van der Waals surface area contributed by atoms with Gasteiger partial charge in [0.1, 0.15) is 11.8 Å². The van der Waals surface area contributed by atoms with E-state index in [2.05, 4.69) is 5.32 Å². The molecule has 0 bridgehead atoms. The first-order chi connectivity index (χ1) is 13.6. The second-order valence-corrected chi connectivity index (χ2v) is 8.37. The molecule has 0 radical (unpaired) electrons. The summed E-state index contributed by atoms with van der Waals surface area (Å²) in [5, 5.41) is 14.0. The van der Waals surface area contributed by atoms with Gasteiger partial charge in [-0.3, -0.25) is 19.2 Å². The number of hydrogen-bond acceptors (Lipinski definition) is 6. The van der Waals surface area contributed by atoms with Crippen molar-refractivity contribution in [1.29, 1.82) is 0 Å². The number of nitro groups is 1. The molecule has 0 heterocycles. The Labute approximate surface area is 173 Å². The monoisotopic (exact) mass is 441 g/mol. The standard InChI is InChI=1S/C18H20ClN3O6S/c1-4-16(18(23)20-12-8-9-17(28-2)15(19)10-12)21(29(3,26)27)13-6-5-7-14(11-13)22(24)25/h5-11,16H,4H2,1-3H3,(H,20,23). The minimum absolute atomic E-state index is 0.0245. The van der Waals surface area contributed by atoms with Gasteiger partial charge >= 0.3 is 0 Å². The first-order valence-corrected chi connectivity index (χ1v) is 10.7. The summed E-state index contributed by atoms with van der Waals surface area (Å²) in [6.07, 6.45) is 1.07. The molecule has 11 heteroatoms. The highest BCUT2D eigenvalue weighted by Crippen LogP contribution is 2.29. The Morgan fingerprint density at radius 2 is 2.00 bits per heavy atom. The zero-order valence-electron chi connectivity index (χ0n) is 16.0. The quantitative estimate of drug-likeness (QED) is 0.495. The Hall–Kier alpha value is -2.85. The molecule has 156 valence electrons. The van der Waals surface area contributed by atoms with Crippen molar-refractivity contribution in [2.45, 2.75) is 19.4 Å². The van der Waals surface area contributed by atoms with Crippen LogP contribution >= 0.6 is 11.6 Å². The minimum Gasteiger partial charge on any atom is -0.495 e. The Balaban J connectivity index is 2.41. The lowest BCUT2D eigenvalue weighted by molar-refractivity contribution is -0.384. The van der Waals surface area contributed by atoms with Gasteiger partial charge in [0.15, 0.2) is 0 Å². The summed E-state index contributed by atoms with van der Waals surface area (Å²) >= 11 is 6.06. The van der Waals surface area contributed by atoms with Gasteiger partial charge in [0.25, 0.3) is 5.69 Å². The summed E-state index contributed by atoms with van der Waals surface area (Å²) in [6, 6.07) is 8.58. The maximum absolute atomic E-state index is 12.9. The predicted octanol–water partition coefficient (Wildman–Crippen LogP) is 3.44. The van der Waals surface area contributed by atoms with Crippen molar-refractivity contribution in [1.82, 2.24) is 0 Å². The second kappa shape index (κ2) is 9.10. The summed E-state index contributed by atoms with van der Waals surface area (Å²) in [6.45, 7) is 1.64. The topological polar surface area (TPSA) is 119 Å². The fourth-order valence-electron chi connectivity index (χ4n) is 2.77. The lowest BCUT2D eigenvalue weighted by Crippen LogP contribution is -2.47. The molecule has 0 saturated carbocycles. The first-order valence-electron chi connectivity index (χ1n) is 8.46. The van der Waals surface area contributed by atoms with Crippen molar-refractivity contribution in [3.63, 3.8) is 0 Å². The van der Waals surface area contributed by atoms with E-state index in [0.29, 0.717) is 11.4 Å². The number of benzene rings is 2. The number of methoxy groups -OCH3 is 1. The molecule has 1 amide bonds. The minimum atomic E-state index is -3.92. The van der Waals surface area contributed by atoms with Gasteiger partial charge in [-0.25, -0.2) is 8.42 Å². The Morgan fingerprint density at radius 3 is 2.52 bits per heavy atom. The molecule has 2 aromatic rings. The fourth-order valence-corrected chi connectivity index (χ4v) is 4.23. The third-order valence-electron chi connectivity index (χ3n) is 4.04. The highest BCUT2D eigenvalue weighted by Gasteiger charge is 2.32. The van der Waals surface area contributed by atoms with Crippen LogP contribution in [0.4, 0.5) is 17.1 Å². The molecular formula is C18H20ClN3O6S. The number of amides is 1. The number of ether oxygens (including phenoxy) is 1. The van der Waals surface area contributed by atoms with Crippen molar-refractivity contribution in [2.24, 2.45) is 0 Å². The van der Waals surface area contributed by atoms with Crippen LogP contribution in [-0.4, -0.2) is 38.7 Å². The number of nitrogens with zero attached hydrogens (tertiary/aromatic N) is 2. The SMILES string of the molecule is CCC(C(=O)Nc1ccc(OC)c(Cl)c1)N(c1cccc([N+](=O)[O-])c1)S(C)(=O)=O. The number of halogens is 1. The number of carbonyl (C=O) groups excluding carboxylic acids is 1. The Bertz CT molecular complexity index is 1030. The number of rotatable bonds is 8. The molecule has 1 N–H and O–H groups in total. The molecule has 2 aromatic carbocycles. The predicted molar refractivity (Wildman–Crippen MR) is 111 cm³/mol. The first kappa shape index (κ1) is 22.4. The lowest BCUT2D eigenvalue weighted by Gasteiger charge is -2.30. The Kier molecular flexibility index (Phi) is 7.04. The third-order valence-corrected chi connectivity index (χ3v) is 5.52. The second-order valence-electron chi connectivity index (χ2n) is 6.10. The summed E-state index contributed by atoms with van der Waals surface area (Å²) in [5.74, 6) is -0.184. The molecule has 0 aliphatic heterocycles. The molecule has 29 heavy (non-hydrogen) atoms. The van der Waals surface area contributed by atoms with E-state index in [9.17, 15) is 23.3 Å². The van der Waals surface area contributed by atoms with Crippen LogP contribution in [-0.2, 0) is 14.8 Å². The smallest absolute Gasteiger partial charge is 0.271 e. The third kappa shape index (κ3) is 5.36. The van der Waals surface area contributed by atoms with Crippen LogP contribution in [0.25, 0.3) is 0 Å². The van der Waals surface area contributed by atoms with Crippen molar-refractivity contribution in [3.8, 4) is 5.75 Å². The largest absolute Gasteiger partial charge is 0.495 e. The van der Waals surface area contributed by atoms with Crippen LogP contribution in [0.15, 0.2) is 42.5 Å². The van der Waals surface area contributed by atoms with E-state index in [0.717, 1.165) is 16.6 Å². The van der Waals surface area contributed by atoms with Gasteiger partial charge in [-0.2, -0.15) is 0 Å². The normalized spacial score (nSPS) is 12.1. The van der Waals surface area contributed by atoms with Crippen LogP contribution in [0.5, 0.6) is 5.75 Å². The molecule has 1 unspecified atom stereocenters. The Morgan fingerprint density at radius 1 is 1.31 bits per heavy atom. The van der Waals surface area contributed by atoms with Gasteiger partial charge in [-0.05, 0) is 30.7 Å². The van der Waals surface area contributed by atoms with Gasteiger partial charge in [-0.1, -0.05) is 24.6 Å². The van der Waals surface area contributed by atoms with E-state index in [-0.39, 0.29) is 22.8 Å². The number of carbonyl (C=O) groups is 1. The zero-order chi connectivity index (χ0) is 21.8. The van der Waals surface area contributed by atoms with E-state index in [1.54, 1.807) is 19.1 Å². The van der Waals surface area contributed by atoms with E-state index >= 15 is 0 Å². The number of nitro benzene ring substituents is 1. The molecular weight excluding hydrogens is 422 g/mol. The number of hydrogen-bond donors (Lipinski definition) is 1. The number of nitrogens with one attached hydrogen (secondary N) is 1. The van der Waals surface area contributed by atoms with Gasteiger partial charge in [0.2, 0.25) is 15.9 Å². The van der Waals surface area contributed by atoms with E-state index in [1.165, 1.54) is 31.4 Å². The zero-order valence-corrected chi connectivity index (χ0v) is 17.5. The maximum atomic E-state index is 12.9. The van der Waals surface area contributed by atoms with Crippen LogP contribution < -0.4 is 14.4 Å². The van der Waals surface area contributed by atoms with Crippen LogP contribution in [0.2, 0.25) is 5.02 Å². The molecule has 9 nitrogen and oxygen atoms in total. The molecule has 0 saturated heterocycles. The number of non-ortho nitro benzene ring substituents is 1. The van der Waals surface area contributed by atoms with Gasteiger partial charge in [-0.15, -0.1) is 0 Å². The highest BCUT2D eigenvalue weighted by molar-refractivity contribution is 7.92. The molecule has 0 fully saturated rings. The van der Waals surface area contributed by atoms with E-state index in [4.69, 9.17) is 16.3 Å². The number of anilines is 2. The molecule has 0 aliphatic rings. The van der Waals surface area contributed by atoms with Crippen molar-refractivity contribution in [2.75, 3.05) is 23.0 Å². The van der Waals surface area contributed by atoms with Crippen LogP contribution in [0.3, 0.4) is 0 Å². The summed E-state index contributed by atoms with van der Waals surface area (Å²) < 4.78 is 30.8. The van der Waals surface area contributed by atoms with Gasteiger partial charge < -0.3 is 10.1 Å². The fraction of sp³-hybridized carbons (Fsp3) is 0.278. The van der Waals surface area contributed by atoms with E-state index < -0.39 is 26.9 Å². The number of sulfonamides is 1. The van der Waals surface area contributed by atoms with Crippen molar-refractivity contribution in [3.05, 3.63) is 57.6 Å². The summed E-state index contributed by atoms with van der Waals surface area (Å²) in [5.41, 5.74) is 0.0940. The summed E-state index contributed by atoms with van der Waals surface area (Å²) in [4.78, 5) is 23.3. The van der Waals surface area contributed by atoms with Crippen LogP contribution in [0, 0.1) is 10.1 Å². The average molecular weight is 442 g/mol. The van der Waals surface area contributed by atoms with E-state index in [1.807, 2.05) is 0 Å². The molecule has 1 atom stereocenters.